The van der Waals surface area contributed by atoms with Crippen molar-refractivity contribution in [2.24, 2.45) is 5.92 Å². The Morgan fingerprint density at radius 1 is 1.35 bits per heavy atom. The Balaban J connectivity index is 2.14. The van der Waals surface area contributed by atoms with Crippen molar-refractivity contribution in [2.75, 3.05) is 32.1 Å². The van der Waals surface area contributed by atoms with Crippen molar-refractivity contribution in [1.29, 1.82) is 0 Å². The monoisotopic (exact) mass is 324 g/mol. The van der Waals surface area contributed by atoms with Gasteiger partial charge in [-0.05, 0) is 32.1 Å². The van der Waals surface area contributed by atoms with Crippen LogP contribution in [0.5, 0.6) is 0 Å². The number of alkyl halides is 1. The van der Waals surface area contributed by atoms with Crippen LogP contribution in [0, 0.1) is 5.92 Å². The molecule has 0 aromatic heterocycles. The smallest absolute Gasteiger partial charge is 0.282 e. The molecule has 7 heteroatoms. The molecule has 2 saturated heterocycles. The van der Waals surface area contributed by atoms with Crippen LogP contribution in [0.15, 0.2) is 0 Å². The van der Waals surface area contributed by atoms with Crippen LogP contribution in [-0.2, 0) is 14.9 Å². The molecule has 5 nitrogen and oxygen atoms in total. The average molecular weight is 325 g/mol. The Hall–Kier alpha value is 0.120. The van der Waals surface area contributed by atoms with E-state index in [9.17, 15) is 8.42 Å². The summed E-state index contributed by atoms with van der Waals surface area (Å²) in [6.07, 6.45) is 2.65. The number of nitrogens with zero attached hydrogens (tertiary/aromatic N) is 2. The second-order valence-electron chi connectivity index (χ2n) is 5.80. The molecule has 0 amide bonds. The molecule has 2 heterocycles. The van der Waals surface area contributed by atoms with Crippen molar-refractivity contribution in [2.45, 2.75) is 45.3 Å². The predicted molar refractivity (Wildman–Crippen MR) is 80.1 cm³/mol. The minimum absolute atomic E-state index is 0.0406. The fraction of sp³-hybridized carbons (Fsp3) is 1.00. The summed E-state index contributed by atoms with van der Waals surface area (Å²) in [4.78, 5) is 0. The lowest BCUT2D eigenvalue weighted by Gasteiger charge is -2.41. The number of rotatable bonds is 4. The maximum Gasteiger partial charge on any atom is 0.282 e. The molecule has 2 aliphatic heterocycles. The quantitative estimate of drug-likeness (QED) is 0.739. The molecule has 0 saturated carbocycles. The highest BCUT2D eigenvalue weighted by molar-refractivity contribution is 7.86. The van der Waals surface area contributed by atoms with Crippen molar-refractivity contribution in [1.82, 2.24) is 8.61 Å². The number of hydrogen-bond donors (Lipinski definition) is 0. The molecule has 2 rings (SSSR count). The minimum Gasteiger partial charge on any atom is -0.375 e. The van der Waals surface area contributed by atoms with E-state index in [-0.39, 0.29) is 18.1 Å². The molecule has 3 atom stereocenters. The Morgan fingerprint density at radius 3 is 2.75 bits per heavy atom. The summed E-state index contributed by atoms with van der Waals surface area (Å²) in [6, 6.07) is -0.0485. The van der Waals surface area contributed by atoms with Gasteiger partial charge in [0.15, 0.2) is 0 Å². The van der Waals surface area contributed by atoms with Gasteiger partial charge in [0.05, 0.1) is 12.7 Å². The summed E-state index contributed by atoms with van der Waals surface area (Å²) < 4.78 is 34.6. The normalized spacial score (nSPS) is 34.2. The van der Waals surface area contributed by atoms with Crippen LogP contribution >= 0.6 is 11.6 Å². The molecular formula is C13H25ClN2O3S. The largest absolute Gasteiger partial charge is 0.375 e. The number of piperidine rings is 1. The first-order valence-electron chi connectivity index (χ1n) is 7.43. The van der Waals surface area contributed by atoms with E-state index in [1.54, 1.807) is 8.61 Å². The van der Waals surface area contributed by atoms with Gasteiger partial charge in [0.1, 0.15) is 0 Å². The van der Waals surface area contributed by atoms with Gasteiger partial charge in [0.2, 0.25) is 0 Å². The van der Waals surface area contributed by atoms with E-state index < -0.39 is 10.2 Å². The Morgan fingerprint density at radius 2 is 2.10 bits per heavy atom. The zero-order chi connectivity index (χ0) is 14.8. The van der Waals surface area contributed by atoms with Crippen molar-refractivity contribution >= 4 is 21.8 Å². The molecule has 118 valence electrons. The predicted octanol–water partition coefficient (Wildman–Crippen LogP) is 1.68. The molecule has 0 bridgehead atoms. The SMILES string of the molecule is CCC1COC(C)CN1S(=O)(=O)N1CCCC(CCl)C1. The highest BCUT2D eigenvalue weighted by atomic mass is 35.5. The van der Waals surface area contributed by atoms with Gasteiger partial charge in [-0.3, -0.25) is 0 Å². The van der Waals surface area contributed by atoms with Gasteiger partial charge in [-0.15, -0.1) is 11.6 Å². The molecule has 0 N–H and O–H groups in total. The fourth-order valence-corrected chi connectivity index (χ4v) is 5.22. The molecule has 2 aliphatic rings. The number of morpholine rings is 1. The van der Waals surface area contributed by atoms with Gasteiger partial charge in [-0.25, -0.2) is 0 Å². The van der Waals surface area contributed by atoms with Crippen LogP contribution in [-0.4, -0.2) is 61.3 Å². The summed E-state index contributed by atoms with van der Waals surface area (Å²) in [7, 11) is -3.39. The second-order valence-corrected chi connectivity index (χ2v) is 7.99. The highest BCUT2D eigenvalue weighted by Crippen LogP contribution is 2.26. The first kappa shape index (κ1) is 16.5. The van der Waals surface area contributed by atoms with Gasteiger partial charge >= 0.3 is 0 Å². The van der Waals surface area contributed by atoms with Gasteiger partial charge < -0.3 is 4.74 Å². The van der Waals surface area contributed by atoms with Gasteiger partial charge in [0, 0.05) is 31.6 Å². The third kappa shape index (κ3) is 3.47. The molecule has 0 aliphatic carbocycles. The molecule has 0 spiro atoms. The number of ether oxygens (including phenoxy) is 1. The fourth-order valence-electron chi connectivity index (χ4n) is 2.93. The van der Waals surface area contributed by atoms with E-state index in [0.29, 0.717) is 32.1 Å². The van der Waals surface area contributed by atoms with Crippen molar-refractivity contribution < 1.29 is 13.2 Å². The molecule has 20 heavy (non-hydrogen) atoms. The standard InChI is InChI=1S/C13H25ClN2O3S/c1-3-13-10-19-11(2)8-16(13)20(17,18)15-6-4-5-12(7-14)9-15/h11-13H,3-10H2,1-2H3. The summed E-state index contributed by atoms with van der Waals surface area (Å²) in [6.45, 7) is 6.02. The van der Waals surface area contributed by atoms with Crippen LogP contribution < -0.4 is 0 Å². The molecular weight excluding hydrogens is 300 g/mol. The van der Waals surface area contributed by atoms with E-state index in [1.807, 2.05) is 13.8 Å². The van der Waals surface area contributed by atoms with Crippen LogP contribution in [0.1, 0.15) is 33.1 Å². The lowest BCUT2D eigenvalue weighted by atomic mass is 10.0. The Bertz CT molecular complexity index is 418. The van der Waals surface area contributed by atoms with E-state index in [4.69, 9.17) is 16.3 Å². The lowest BCUT2D eigenvalue weighted by molar-refractivity contribution is -0.0254. The summed E-state index contributed by atoms with van der Waals surface area (Å²) >= 11 is 5.91. The molecule has 3 unspecified atom stereocenters. The highest BCUT2D eigenvalue weighted by Gasteiger charge is 2.39. The van der Waals surface area contributed by atoms with Gasteiger partial charge in [-0.1, -0.05) is 6.92 Å². The van der Waals surface area contributed by atoms with Gasteiger partial charge in [0.25, 0.3) is 10.2 Å². The Kier molecular flexibility index (Phi) is 5.71. The first-order chi connectivity index (χ1) is 9.48. The molecule has 2 fully saturated rings. The maximum atomic E-state index is 12.9. The van der Waals surface area contributed by atoms with Crippen LogP contribution in [0.25, 0.3) is 0 Å². The number of halogens is 1. The zero-order valence-electron chi connectivity index (χ0n) is 12.3. The van der Waals surface area contributed by atoms with E-state index in [2.05, 4.69) is 0 Å². The van der Waals surface area contributed by atoms with Crippen molar-refractivity contribution in [3.8, 4) is 0 Å². The molecule has 0 radical (unpaired) electrons. The van der Waals surface area contributed by atoms with Crippen LogP contribution in [0.2, 0.25) is 0 Å². The van der Waals surface area contributed by atoms with E-state index in [1.165, 1.54) is 0 Å². The second kappa shape index (κ2) is 6.92. The minimum atomic E-state index is -3.39. The van der Waals surface area contributed by atoms with E-state index >= 15 is 0 Å². The summed E-state index contributed by atoms with van der Waals surface area (Å²) in [5.74, 6) is 0.807. The van der Waals surface area contributed by atoms with E-state index in [0.717, 1.165) is 19.3 Å². The first-order valence-corrected chi connectivity index (χ1v) is 9.36. The van der Waals surface area contributed by atoms with Crippen LogP contribution in [0.3, 0.4) is 0 Å². The lowest BCUT2D eigenvalue weighted by Crippen LogP contribution is -2.57. The Labute approximate surface area is 127 Å². The van der Waals surface area contributed by atoms with Crippen molar-refractivity contribution in [3.63, 3.8) is 0 Å². The molecule has 0 aromatic carbocycles. The summed E-state index contributed by atoms with van der Waals surface area (Å²) in [5.41, 5.74) is 0. The maximum absolute atomic E-state index is 12.9. The van der Waals surface area contributed by atoms with Crippen molar-refractivity contribution in [3.05, 3.63) is 0 Å². The molecule has 0 aromatic rings. The third-order valence-electron chi connectivity index (χ3n) is 4.21. The summed E-state index contributed by atoms with van der Waals surface area (Å²) in [5, 5.41) is 0. The van der Waals surface area contributed by atoms with Gasteiger partial charge in [-0.2, -0.15) is 17.0 Å². The van der Waals surface area contributed by atoms with Crippen LogP contribution in [0.4, 0.5) is 0 Å². The third-order valence-corrected chi connectivity index (χ3v) is 6.67. The average Bonchev–Trinajstić information content (AvgIpc) is 2.47. The topological polar surface area (TPSA) is 49.9 Å². The number of hydrogen-bond acceptors (Lipinski definition) is 3. The zero-order valence-corrected chi connectivity index (χ0v) is 13.9.